The highest BCUT2D eigenvalue weighted by molar-refractivity contribution is 5.94. The molecule has 4 rings (SSSR count). The maximum Gasteiger partial charge on any atom is 0.411 e. The molecule has 1 amide bonds. The summed E-state index contributed by atoms with van der Waals surface area (Å²) in [7, 11) is 0. The predicted octanol–water partition coefficient (Wildman–Crippen LogP) is 3.60. The maximum atomic E-state index is 14.6. The number of ketones is 1. The van der Waals surface area contributed by atoms with E-state index in [9.17, 15) is 31.9 Å². The minimum Gasteiger partial charge on any atom is -0.426 e. The molecule has 33 heavy (non-hydrogen) atoms. The van der Waals surface area contributed by atoms with Gasteiger partial charge in [0.1, 0.15) is 28.6 Å². The lowest BCUT2D eigenvalue weighted by Gasteiger charge is -2.20. The third-order valence-corrected chi connectivity index (χ3v) is 6.03. The predicted molar refractivity (Wildman–Crippen MR) is 107 cm³/mol. The Morgan fingerprint density at radius 2 is 1.85 bits per heavy atom. The Labute approximate surface area is 186 Å². The molecule has 10 heteroatoms. The number of rotatable bonds is 6. The van der Waals surface area contributed by atoms with Crippen molar-refractivity contribution in [3.8, 4) is 5.75 Å². The number of amides is 1. The van der Waals surface area contributed by atoms with E-state index in [-0.39, 0.29) is 42.7 Å². The lowest BCUT2D eigenvalue weighted by molar-refractivity contribution is -0.163. The number of carbonyl (C=O) groups excluding carboxylic acids is 3. The van der Waals surface area contributed by atoms with Crippen LogP contribution in [0.1, 0.15) is 53.9 Å². The molecule has 1 saturated carbocycles. The van der Waals surface area contributed by atoms with Crippen LogP contribution in [0.3, 0.4) is 0 Å². The fourth-order valence-electron chi connectivity index (χ4n) is 3.74. The largest absolute Gasteiger partial charge is 0.426 e. The summed E-state index contributed by atoms with van der Waals surface area (Å²) >= 11 is 0. The van der Waals surface area contributed by atoms with E-state index in [1.165, 1.54) is 30.5 Å². The van der Waals surface area contributed by atoms with Gasteiger partial charge in [-0.05, 0) is 62.1 Å². The van der Waals surface area contributed by atoms with Crippen molar-refractivity contribution in [2.75, 3.05) is 0 Å². The Morgan fingerprint density at radius 1 is 1.15 bits per heavy atom. The number of hydrogen-bond donors (Lipinski definition) is 1. The number of halogens is 4. The molecule has 2 aliphatic rings. The summed E-state index contributed by atoms with van der Waals surface area (Å²) in [6, 6.07) is 5.21. The van der Waals surface area contributed by atoms with Gasteiger partial charge in [0.05, 0.1) is 5.41 Å². The number of benzene rings is 1. The van der Waals surface area contributed by atoms with Crippen LogP contribution in [-0.4, -0.2) is 34.4 Å². The second-order valence-electron chi connectivity index (χ2n) is 8.93. The van der Waals surface area contributed by atoms with Crippen molar-refractivity contribution < 1.29 is 36.7 Å². The van der Waals surface area contributed by atoms with Gasteiger partial charge in [-0.1, -0.05) is 0 Å². The van der Waals surface area contributed by atoms with Gasteiger partial charge < -0.3 is 10.1 Å². The van der Waals surface area contributed by atoms with Gasteiger partial charge in [0, 0.05) is 24.6 Å². The van der Waals surface area contributed by atoms with Crippen LogP contribution in [-0.2, 0) is 27.8 Å². The van der Waals surface area contributed by atoms with Crippen molar-refractivity contribution >= 4 is 17.7 Å². The number of ether oxygens (including phenoxy) is 1. The van der Waals surface area contributed by atoms with Crippen LogP contribution in [0.25, 0.3) is 0 Å². The van der Waals surface area contributed by atoms with Crippen molar-refractivity contribution in [3.05, 3.63) is 58.7 Å². The van der Waals surface area contributed by atoms with E-state index in [4.69, 9.17) is 4.74 Å². The van der Waals surface area contributed by atoms with Crippen LogP contribution in [0.15, 0.2) is 30.5 Å². The molecule has 0 unspecified atom stereocenters. The first-order chi connectivity index (χ1) is 15.3. The second-order valence-corrected chi connectivity index (χ2v) is 8.93. The van der Waals surface area contributed by atoms with Gasteiger partial charge in [0.2, 0.25) is 0 Å². The molecule has 1 aromatic heterocycles. The summed E-state index contributed by atoms with van der Waals surface area (Å²) in [6.45, 7) is 3.23. The summed E-state index contributed by atoms with van der Waals surface area (Å²) in [5, 5.41) is 1.98. The quantitative estimate of drug-likeness (QED) is 0.401. The third-order valence-electron chi connectivity index (χ3n) is 6.03. The molecule has 0 bridgehead atoms. The summed E-state index contributed by atoms with van der Waals surface area (Å²) in [5.41, 5.74) is -2.64. The lowest BCUT2D eigenvalue weighted by Crippen LogP contribution is -2.48. The number of pyridine rings is 1. The zero-order valence-electron chi connectivity index (χ0n) is 17.8. The number of nitrogens with zero attached hydrogens (tertiary/aromatic N) is 1. The minimum absolute atomic E-state index is 0.0529. The molecule has 6 nitrogen and oxygen atoms in total. The first-order valence-corrected chi connectivity index (χ1v) is 10.2. The Morgan fingerprint density at radius 3 is 2.48 bits per heavy atom. The number of Topliss-reactive ketones (excluding diaryl/α,β-unsaturated/α-hetero) is 1. The van der Waals surface area contributed by atoms with Crippen LogP contribution in [0.4, 0.5) is 17.6 Å². The Kier molecular flexibility index (Phi) is 5.29. The monoisotopic (exact) mass is 464 g/mol. The molecule has 1 aliphatic carbocycles. The number of carbonyl (C=O) groups is 3. The lowest BCUT2D eigenvalue weighted by atomic mass is 9.85. The summed E-state index contributed by atoms with van der Waals surface area (Å²) in [4.78, 5) is 40.5. The van der Waals surface area contributed by atoms with Gasteiger partial charge in [-0.3, -0.25) is 19.4 Å². The molecule has 0 atom stereocenters. The number of nitrogens with one attached hydrogen (secondary N) is 1. The number of alkyl halides is 3. The first-order valence-electron chi connectivity index (χ1n) is 10.2. The van der Waals surface area contributed by atoms with Gasteiger partial charge >= 0.3 is 12.1 Å². The van der Waals surface area contributed by atoms with Crippen molar-refractivity contribution in [1.29, 1.82) is 0 Å². The Hall–Kier alpha value is -3.30. The number of fused-ring (bicyclic) bond motifs is 1. The molecule has 1 N–H and O–H groups in total. The molecule has 0 spiro atoms. The van der Waals surface area contributed by atoms with E-state index in [0.717, 1.165) is 0 Å². The highest BCUT2D eigenvalue weighted by Gasteiger charge is 2.64. The number of aromatic nitrogens is 1. The van der Waals surface area contributed by atoms with Crippen LogP contribution in [0.5, 0.6) is 5.75 Å². The molecule has 0 saturated heterocycles. The normalized spacial score (nSPS) is 17.8. The van der Waals surface area contributed by atoms with Crippen LogP contribution >= 0.6 is 0 Å². The maximum absolute atomic E-state index is 14.6. The average molecular weight is 464 g/mol. The fraction of sp³-hybridized carbons (Fsp3) is 0.391. The van der Waals surface area contributed by atoms with E-state index in [2.05, 4.69) is 4.98 Å². The molecule has 0 radical (unpaired) electrons. The number of hydrogen-bond acceptors (Lipinski definition) is 5. The molecule has 2 aromatic rings. The Bertz CT molecular complexity index is 1170. The van der Waals surface area contributed by atoms with Crippen LogP contribution in [0.2, 0.25) is 0 Å². The zero-order valence-corrected chi connectivity index (χ0v) is 17.8. The standard InChI is InChI=1S/C23H20F4N2O4/c1-21(2)15-11-16(24)13(10-18(15)33-20(21)32)9-14(30)7-12-3-6-28-17(8-12)19(31)29-22(4-5-22)23(25,26)27/h3,6,8,10-11H,4-5,7,9H2,1-2H3,(H,29,31). The van der Waals surface area contributed by atoms with Gasteiger partial charge in [-0.25, -0.2) is 4.39 Å². The van der Waals surface area contributed by atoms with Crippen molar-refractivity contribution in [1.82, 2.24) is 10.3 Å². The smallest absolute Gasteiger partial charge is 0.411 e. The highest BCUT2D eigenvalue weighted by atomic mass is 19.4. The highest BCUT2D eigenvalue weighted by Crippen LogP contribution is 2.49. The third kappa shape index (κ3) is 4.21. The Balaban J connectivity index is 1.45. The average Bonchev–Trinajstić information content (AvgIpc) is 3.47. The van der Waals surface area contributed by atoms with E-state index in [1.54, 1.807) is 13.8 Å². The molecular weight excluding hydrogens is 444 g/mol. The summed E-state index contributed by atoms with van der Waals surface area (Å²) in [6.07, 6.45) is -4.20. The molecule has 174 valence electrons. The number of esters is 1. The molecule has 1 fully saturated rings. The van der Waals surface area contributed by atoms with Crippen LogP contribution < -0.4 is 10.1 Å². The van der Waals surface area contributed by atoms with Crippen molar-refractivity contribution in [3.63, 3.8) is 0 Å². The van der Waals surface area contributed by atoms with Crippen molar-refractivity contribution in [2.24, 2.45) is 0 Å². The van der Waals surface area contributed by atoms with E-state index >= 15 is 0 Å². The molecule has 1 aromatic carbocycles. The molecule has 2 heterocycles. The zero-order chi connectivity index (χ0) is 24.2. The van der Waals surface area contributed by atoms with E-state index < -0.39 is 40.6 Å². The van der Waals surface area contributed by atoms with Gasteiger partial charge in [-0.15, -0.1) is 0 Å². The van der Waals surface area contributed by atoms with Crippen LogP contribution in [0, 0.1) is 5.82 Å². The first kappa shape index (κ1) is 22.9. The van der Waals surface area contributed by atoms with Crippen molar-refractivity contribution in [2.45, 2.75) is 56.7 Å². The van der Waals surface area contributed by atoms with Gasteiger partial charge in [0.15, 0.2) is 0 Å². The fourth-order valence-corrected chi connectivity index (χ4v) is 3.74. The minimum atomic E-state index is -4.56. The van der Waals surface area contributed by atoms with E-state index in [1.807, 2.05) is 5.32 Å². The molecular formula is C23H20F4N2O4. The SMILES string of the molecule is CC1(C)C(=O)Oc2cc(CC(=O)Cc3ccnc(C(=O)NC4(C(F)(F)F)CC4)c3)c(F)cc21. The second kappa shape index (κ2) is 7.64. The summed E-state index contributed by atoms with van der Waals surface area (Å²) < 4.78 is 59.0. The summed E-state index contributed by atoms with van der Waals surface area (Å²) in [5.74, 6) is -2.33. The van der Waals surface area contributed by atoms with E-state index in [0.29, 0.717) is 11.1 Å². The van der Waals surface area contributed by atoms with Gasteiger partial charge in [0.25, 0.3) is 5.91 Å². The molecule has 1 aliphatic heterocycles. The van der Waals surface area contributed by atoms with Gasteiger partial charge in [-0.2, -0.15) is 13.2 Å². The topological polar surface area (TPSA) is 85.4 Å².